The molecule has 2 rings (SSSR count). The Labute approximate surface area is 153 Å². The Kier molecular flexibility index (Phi) is 6.94. The lowest BCUT2D eigenvalue weighted by Crippen LogP contribution is -2.20. The molecule has 0 unspecified atom stereocenters. The summed E-state index contributed by atoms with van der Waals surface area (Å²) in [5.41, 5.74) is 1.60. The molecule has 0 heterocycles. The number of sulfonamides is 1. The Morgan fingerprint density at radius 3 is 2.50 bits per heavy atom. The maximum atomic E-state index is 12.0. The molecule has 1 amide bonds. The van der Waals surface area contributed by atoms with E-state index in [1.54, 1.807) is 18.2 Å². The predicted octanol–water partition coefficient (Wildman–Crippen LogP) is 2.45. The summed E-state index contributed by atoms with van der Waals surface area (Å²) in [6.45, 7) is 2.93. The monoisotopic (exact) mass is 374 g/mol. The minimum absolute atomic E-state index is 0.0381. The van der Waals surface area contributed by atoms with Crippen molar-refractivity contribution in [2.24, 2.45) is 5.14 Å². The van der Waals surface area contributed by atoms with Crippen molar-refractivity contribution in [3.8, 4) is 5.75 Å². The average molecular weight is 374 g/mol. The summed E-state index contributed by atoms with van der Waals surface area (Å²) in [4.78, 5) is 12.0. The van der Waals surface area contributed by atoms with Crippen molar-refractivity contribution in [3.63, 3.8) is 0 Å². The molecule has 0 spiro atoms. The quantitative estimate of drug-likeness (QED) is 0.693. The smallest absolute Gasteiger partial charge is 0.244 e. The molecule has 0 fully saturated rings. The Morgan fingerprint density at radius 1 is 1.15 bits per heavy atom. The molecule has 0 saturated carbocycles. The maximum absolute atomic E-state index is 12.0. The van der Waals surface area contributed by atoms with Gasteiger partial charge in [-0.15, -0.1) is 0 Å². The standard InChI is InChI=1S/C19H22N2O4S/c1-2-13-25-18-6-4-3-5-16(18)9-12-19(22)21-14-15-7-10-17(11-8-15)26(20,23)24/h3-12H,2,13-14H2,1H3,(H,21,22)(H2,20,23,24)/b12-9+. The van der Waals surface area contributed by atoms with Crippen LogP contribution in [-0.4, -0.2) is 20.9 Å². The lowest BCUT2D eigenvalue weighted by atomic mass is 10.2. The molecule has 0 bridgehead atoms. The molecule has 0 atom stereocenters. The first-order valence-corrected chi connectivity index (χ1v) is 9.74. The lowest BCUT2D eigenvalue weighted by Gasteiger charge is -2.07. The Balaban J connectivity index is 1.94. The molecular formula is C19H22N2O4S. The van der Waals surface area contributed by atoms with Gasteiger partial charge in [-0.25, -0.2) is 13.6 Å². The highest BCUT2D eigenvalue weighted by atomic mass is 32.2. The van der Waals surface area contributed by atoms with E-state index in [0.717, 1.165) is 23.3 Å². The number of amides is 1. The van der Waals surface area contributed by atoms with Crippen molar-refractivity contribution in [1.82, 2.24) is 5.32 Å². The van der Waals surface area contributed by atoms with Crippen molar-refractivity contribution in [1.29, 1.82) is 0 Å². The van der Waals surface area contributed by atoms with Gasteiger partial charge in [-0.1, -0.05) is 37.3 Å². The van der Waals surface area contributed by atoms with Gasteiger partial charge in [0.05, 0.1) is 11.5 Å². The highest BCUT2D eigenvalue weighted by Crippen LogP contribution is 2.19. The zero-order valence-electron chi connectivity index (χ0n) is 14.5. The van der Waals surface area contributed by atoms with Crippen molar-refractivity contribution in [3.05, 3.63) is 65.7 Å². The van der Waals surface area contributed by atoms with E-state index in [1.165, 1.54) is 18.2 Å². The second-order valence-corrected chi connectivity index (χ2v) is 7.19. The number of primary sulfonamides is 1. The van der Waals surface area contributed by atoms with Gasteiger partial charge < -0.3 is 10.1 Å². The van der Waals surface area contributed by atoms with E-state index in [4.69, 9.17) is 9.88 Å². The van der Waals surface area contributed by atoms with Gasteiger partial charge in [-0.2, -0.15) is 0 Å². The lowest BCUT2D eigenvalue weighted by molar-refractivity contribution is -0.116. The minimum Gasteiger partial charge on any atom is -0.493 e. The van der Waals surface area contributed by atoms with Crippen LogP contribution < -0.4 is 15.2 Å². The third kappa shape index (κ3) is 6.02. The van der Waals surface area contributed by atoms with Gasteiger partial charge in [0.2, 0.25) is 15.9 Å². The first-order chi connectivity index (χ1) is 12.4. The number of rotatable bonds is 8. The van der Waals surface area contributed by atoms with Crippen LogP contribution in [0.3, 0.4) is 0 Å². The summed E-state index contributed by atoms with van der Waals surface area (Å²) >= 11 is 0. The van der Waals surface area contributed by atoms with Crippen molar-refractivity contribution < 1.29 is 17.9 Å². The van der Waals surface area contributed by atoms with Gasteiger partial charge in [-0.05, 0) is 36.3 Å². The fraction of sp³-hybridized carbons (Fsp3) is 0.211. The van der Waals surface area contributed by atoms with Gasteiger partial charge >= 0.3 is 0 Å². The SMILES string of the molecule is CCCOc1ccccc1/C=C/C(=O)NCc1ccc(S(N)(=O)=O)cc1. The largest absolute Gasteiger partial charge is 0.493 e. The number of hydrogen-bond acceptors (Lipinski definition) is 4. The van der Waals surface area contributed by atoms with Gasteiger partial charge in [-0.3, -0.25) is 4.79 Å². The van der Waals surface area contributed by atoms with Crippen LogP contribution in [-0.2, 0) is 21.4 Å². The number of carbonyl (C=O) groups is 1. The minimum atomic E-state index is -3.71. The third-order valence-electron chi connectivity index (χ3n) is 3.51. The van der Waals surface area contributed by atoms with Crippen LogP contribution in [0.1, 0.15) is 24.5 Å². The van der Waals surface area contributed by atoms with Crippen molar-refractivity contribution in [2.45, 2.75) is 24.8 Å². The Bertz CT molecular complexity index is 875. The van der Waals surface area contributed by atoms with E-state index in [2.05, 4.69) is 5.32 Å². The van der Waals surface area contributed by atoms with E-state index < -0.39 is 10.0 Å². The molecule has 6 nitrogen and oxygen atoms in total. The van der Waals surface area contributed by atoms with Crippen LogP contribution >= 0.6 is 0 Å². The first-order valence-electron chi connectivity index (χ1n) is 8.19. The molecule has 138 valence electrons. The molecule has 0 radical (unpaired) electrons. The molecular weight excluding hydrogens is 352 g/mol. The van der Waals surface area contributed by atoms with E-state index in [-0.39, 0.29) is 17.3 Å². The average Bonchev–Trinajstić information content (AvgIpc) is 2.63. The molecule has 2 aromatic rings. The summed E-state index contributed by atoms with van der Waals surface area (Å²) in [6, 6.07) is 13.5. The fourth-order valence-electron chi connectivity index (χ4n) is 2.17. The molecule has 3 N–H and O–H groups in total. The summed E-state index contributed by atoms with van der Waals surface area (Å²) in [7, 11) is -3.71. The van der Waals surface area contributed by atoms with E-state index >= 15 is 0 Å². The molecule has 0 aromatic heterocycles. The van der Waals surface area contributed by atoms with Gasteiger partial charge in [0.25, 0.3) is 0 Å². The molecule has 7 heteroatoms. The maximum Gasteiger partial charge on any atom is 0.244 e. The van der Waals surface area contributed by atoms with Crippen molar-refractivity contribution >= 4 is 22.0 Å². The number of ether oxygens (including phenoxy) is 1. The molecule has 0 aliphatic heterocycles. The Morgan fingerprint density at radius 2 is 1.85 bits per heavy atom. The predicted molar refractivity (Wildman–Crippen MR) is 101 cm³/mol. The van der Waals surface area contributed by atoms with Crippen LogP contribution in [0.5, 0.6) is 5.75 Å². The topological polar surface area (TPSA) is 98.5 Å². The summed E-state index contributed by atoms with van der Waals surface area (Å²) < 4.78 is 28.1. The number of nitrogens with one attached hydrogen (secondary N) is 1. The van der Waals surface area contributed by atoms with Gasteiger partial charge in [0.15, 0.2) is 0 Å². The van der Waals surface area contributed by atoms with E-state index in [1.807, 2.05) is 31.2 Å². The Hall–Kier alpha value is -2.64. The number of hydrogen-bond donors (Lipinski definition) is 2. The first kappa shape index (κ1) is 19.7. The molecule has 0 aliphatic carbocycles. The van der Waals surface area contributed by atoms with Gasteiger partial charge in [0.1, 0.15) is 5.75 Å². The highest BCUT2D eigenvalue weighted by molar-refractivity contribution is 7.89. The molecule has 0 saturated heterocycles. The third-order valence-corrected chi connectivity index (χ3v) is 4.44. The molecule has 26 heavy (non-hydrogen) atoms. The summed E-state index contributed by atoms with van der Waals surface area (Å²) in [5.74, 6) is 0.475. The zero-order chi connectivity index (χ0) is 19.0. The highest BCUT2D eigenvalue weighted by Gasteiger charge is 2.07. The number of para-hydroxylation sites is 1. The number of benzene rings is 2. The van der Waals surface area contributed by atoms with E-state index in [0.29, 0.717) is 6.61 Å². The van der Waals surface area contributed by atoms with Crippen LogP contribution in [0.4, 0.5) is 0 Å². The number of nitrogens with two attached hydrogens (primary N) is 1. The summed E-state index contributed by atoms with van der Waals surface area (Å²) in [6.07, 6.45) is 4.04. The normalized spacial score (nSPS) is 11.5. The second kappa shape index (κ2) is 9.17. The van der Waals surface area contributed by atoms with Crippen molar-refractivity contribution in [2.75, 3.05) is 6.61 Å². The van der Waals surface area contributed by atoms with Crippen LogP contribution in [0.15, 0.2) is 59.5 Å². The van der Waals surface area contributed by atoms with Crippen LogP contribution in [0.25, 0.3) is 6.08 Å². The van der Waals surface area contributed by atoms with Crippen LogP contribution in [0.2, 0.25) is 0 Å². The summed E-state index contributed by atoms with van der Waals surface area (Å²) in [5, 5.41) is 7.79. The van der Waals surface area contributed by atoms with Crippen LogP contribution in [0, 0.1) is 0 Å². The zero-order valence-corrected chi connectivity index (χ0v) is 15.3. The fourth-order valence-corrected chi connectivity index (χ4v) is 2.69. The molecule has 2 aromatic carbocycles. The second-order valence-electron chi connectivity index (χ2n) is 5.63. The van der Waals surface area contributed by atoms with Gasteiger partial charge in [0, 0.05) is 18.2 Å². The van der Waals surface area contributed by atoms with E-state index in [9.17, 15) is 13.2 Å². The molecule has 0 aliphatic rings. The number of carbonyl (C=O) groups excluding carboxylic acids is 1.